The Labute approximate surface area is 84.3 Å². The van der Waals surface area contributed by atoms with Crippen LogP contribution in [0.25, 0.3) is 0 Å². The Morgan fingerprint density at radius 1 is 1.00 bits per heavy atom. The maximum atomic E-state index is 10.2. The van der Waals surface area contributed by atoms with Crippen LogP contribution in [0.4, 0.5) is 0 Å². The first-order valence-electron chi connectivity index (χ1n) is 4.62. The molecule has 14 heavy (non-hydrogen) atoms. The number of hydrogen-bond donors (Lipinski definition) is 3. The molecule has 0 spiro atoms. The van der Waals surface area contributed by atoms with Crippen molar-refractivity contribution in [3.05, 3.63) is 0 Å². The highest BCUT2D eigenvalue weighted by Gasteiger charge is 1.95. The van der Waals surface area contributed by atoms with Gasteiger partial charge < -0.3 is 20.1 Å². The normalized spacial score (nSPS) is 8.86. The topological polar surface area (TPSA) is 87.0 Å². The highest BCUT2D eigenvalue weighted by molar-refractivity contribution is 5.68. The molecule has 0 rings (SSSR count). The fraction of sp³-hybridized carbons (Fsp3) is 0.889. The lowest BCUT2D eigenvalue weighted by molar-refractivity contribution is -0.140. The predicted octanol–water partition coefficient (Wildman–Crippen LogP) is -0.317. The SMILES string of the molecule is COC(=O)CCCO.OCCCCO. The van der Waals surface area contributed by atoms with E-state index in [1.807, 2.05) is 0 Å². The van der Waals surface area contributed by atoms with Crippen LogP contribution in [-0.4, -0.2) is 48.2 Å². The molecule has 0 aromatic carbocycles. The van der Waals surface area contributed by atoms with Gasteiger partial charge in [-0.1, -0.05) is 0 Å². The second-order valence-electron chi connectivity index (χ2n) is 2.56. The molecule has 0 saturated carbocycles. The van der Waals surface area contributed by atoms with Gasteiger partial charge in [0.2, 0.25) is 0 Å². The highest BCUT2D eigenvalue weighted by atomic mass is 16.5. The lowest BCUT2D eigenvalue weighted by atomic mass is 10.3. The molecule has 5 heteroatoms. The van der Waals surface area contributed by atoms with Gasteiger partial charge >= 0.3 is 5.97 Å². The monoisotopic (exact) mass is 208 g/mol. The molecule has 0 saturated heterocycles. The molecule has 5 nitrogen and oxygen atoms in total. The van der Waals surface area contributed by atoms with Crippen LogP contribution in [0.3, 0.4) is 0 Å². The van der Waals surface area contributed by atoms with E-state index in [4.69, 9.17) is 15.3 Å². The first-order valence-corrected chi connectivity index (χ1v) is 4.62. The van der Waals surface area contributed by atoms with E-state index in [1.54, 1.807) is 0 Å². The summed E-state index contributed by atoms with van der Waals surface area (Å²) < 4.78 is 4.30. The van der Waals surface area contributed by atoms with Gasteiger partial charge in [-0.2, -0.15) is 0 Å². The number of carbonyl (C=O) groups excluding carboxylic acids is 1. The highest BCUT2D eigenvalue weighted by Crippen LogP contribution is 1.87. The lowest BCUT2D eigenvalue weighted by Gasteiger charge is -1.93. The van der Waals surface area contributed by atoms with Gasteiger partial charge in [0.05, 0.1) is 7.11 Å². The summed E-state index contributed by atoms with van der Waals surface area (Å²) in [7, 11) is 1.33. The first-order chi connectivity index (χ1) is 6.72. The Morgan fingerprint density at radius 3 is 1.71 bits per heavy atom. The largest absolute Gasteiger partial charge is 0.469 e. The molecule has 0 aliphatic carbocycles. The predicted molar refractivity (Wildman–Crippen MR) is 51.7 cm³/mol. The Bertz CT molecular complexity index is 112. The van der Waals surface area contributed by atoms with Gasteiger partial charge in [0, 0.05) is 26.2 Å². The minimum absolute atomic E-state index is 0.0507. The number of esters is 1. The average molecular weight is 208 g/mol. The molecule has 0 unspecified atom stereocenters. The second-order valence-corrected chi connectivity index (χ2v) is 2.56. The van der Waals surface area contributed by atoms with Crippen LogP contribution in [0.5, 0.6) is 0 Å². The van der Waals surface area contributed by atoms with Gasteiger partial charge in [-0.25, -0.2) is 0 Å². The van der Waals surface area contributed by atoms with Gasteiger partial charge in [0.1, 0.15) is 0 Å². The lowest BCUT2D eigenvalue weighted by Crippen LogP contribution is -2.00. The molecule has 0 aliphatic rings. The third-order valence-corrected chi connectivity index (χ3v) is 1.33. The Morgan fingerprint density at radius 2 is 1.43 bits per heavy atom. The third kappa shape index (κ3) is 17.4. The van der Waals surface area contributed by atoms with Crippen molar-refractivity contribution in [1.82, 2.24) is 0 Å². The summed E-state index contributed by atoms with van der Waals surface area (Å²) in [5.41, 5.74) is 0. The Kier molecular flexibility index (Phi) is 16.8. The van der Waals surface area contributed by atoms with Crippen molar-refractivity contribution in [3.8, 4) is 0 Å². The number of unbranched alkanes of at least 4 members (excludes halogenated alkanes) is 1. The summed E-state index contributed by atoms with van der Waals surface area (Å²) in [4.78, 5) is 10.2. The van der Waals surface area contributed by atoms with E-state index in [0.717, 1.165) is 12.8 Å². The van der Waals surface area contributed by atoms with E-state index in [9.17, 15) is 4.79 Å². The van der Waals surface area contributed by atoms with E-state index >= 15 is 0 Å². The van der Waals surface area contributed by atoms with E-state index in [-0.39, 0.29) is 25.8 Å². The molecule has 0 aliphatic heterocycles. The summed E-state index contributed by atoms with van der Waals surface area (Å²) in [5, 5.41) is 24.4. The fourth-order valence-electron chi connectivity index (χ4n) is 0.549. The number of methoxy groups -OCH3 is 1. The number of aliphatic hydroxyl groups is 3. The standard InChI is InChI=1S/C5H10O3.C4H10O2/c1-8-5(7)3-2-4-6;5-3-1-2-4-6/h6H,2-4H2,1H3;5-6H,1-4H2. The zero-order valence-corrected chi connectivity index (χ0v) is 8.61. The van der Waals surface area contributed by atoms with Crippen molar-refractivity contribution in [1.29, 1.82) is 0 Å². The number of carbonyl (C=O) groups is 1. The van der Waals surface area contributed by atoms with Crippen molar-refractivity contribution in [3.63, 3.8) is 0 Å². The van der Waals surface area contributed by atoms with E-state index < -0.39 is 0 Å². The number of rotatable bonds is 6. The fourth-order valence-corrected chi connectivity index (χ4v) is 0.549. The molecule has 0 heterocycles. The van der Waals surface area contributed by atoms with Crippen molar-refractivity contribution in [2.24, 2.45) is 0 Å². The van der Waals surface area contributed by atoms with Crippen LogP contribution in [0.15, 0.2) is 0 Å². The zero-order valence-electron chi connectivity index (χ0n) is 8.61. The second kappa shape index (κ2) is 14.9. The smallest absolute Gasteiger partial charge is 0.305 e. The first kappa shape index (κ1) is 15.8. The van der Waals surface area contributed by atoms with Crippen molar-refractivity contribution in [2.75, 3.05) is 26.9 Å². The molecule has 0 aromatic heterocycles. The minimum atomic E-state index is -0.265. The molecule has 0 aromatic rings. The molecule has 0 bridgehead atoms. The van der Waals surface area contributed by atoms with Crippen molar-refractivity contribution >= 4 is 5.97 Å². The Balaban J connectivity index is 0. The Hall–Kier alpha value is -0.650. The van der Waals surface area contributed by atoms with Crippen LogP contribution < -0.4 is 0 Å². The molecule has 0 atom stereocenters. The minimum Gasteiger partial charge on any atom is -0.469 e. The number of aliphatic hydroxyl groups excluding tert-OH is 3. The van der Waals surface area contributed by atoms with Gasteiger partial charge in [0.15, 0.2) is 0 Å². The molecular weight excluding hydrogens is 188 g/mol. The summed E-state index contributed by atoms with van der Waals surface area (Å²) in [5.74, 6) is -0.265. The van der Waals surface area contributed by atoms with Crippen molar-refractivity contribution < 1.29 is 24.9 Å². The third-order valence-electron chi connectivity index (χ3n) is 1.33. The van der Waals surface area contributed by atoms with Gasteiger partial charge in [0.25, 0.3) is 0 Å². The maximum absolute atomic E-state index is 10.2. The van der Waals surface area contributed by atoms with Crippen LogP contribution in [0.1, 0.15) is 25.7 Å². The molecule has 86 valence electrons. The van der Waals surface area contributed by atoms with Gasteiger partial charge in [-0.05, 0) is 19.3 Å². The molecule has 0 amide bonds. The molecule has 3 N–H and O–H groups in total. The molecular formula is C9H20O5. The average Bonchev–Trinajstić information content (AvgIpc) is 2.23. The molecule has 0 fully saturated rings. The summed E-state index contributed by atoms with van der Waals surface area (Å²) in [6.45, 7) is 0.441. The van der Waals surface area contributed by atoms with Crippen LogP contribution in [0.2, 0.25) is 0 Å². The summed E-state index contributed by atoms with van der Waals surface area (Å²) in [6.07, 6.45) is 2.24. The molecule has 0 radical (unpaired) electrons. The zero-order chi connectivity index (χ0) is 11.2. The maximum Gasteiger partial charge on any atom is 0.305 e. The van der Waals surface area contributed by atoms with Crippen LogP contribution >= 0.6 is 0 Å². The summed E-state index contributed by atoms with van der Waals surface area (Å²) >= 11 is 0. The van der Waals surface area contributed by atoms with Gasteiger partial charge in [-0.15, -0.1) is 0 Å². The van der Waals surface area contributed by atoms with E-state index in [1.165, 1.54) is 7.11 Å². The van der Waals surface area contributed by atoms with Crippen molar-refractivity contribution in [2.45, 2.75) is 25.7 Å². The van der Waals surface area contributed by atoms with Gasteiger partial charge in [-0.3, -0.25) is 4.79 Å². The number of hydrogen-bond acceptors (Lipinski definition) is 5. The van der Waals surface area contributed by atoms with Crippen LogP contribution in [-0.2, 0) is 9.53 Å². The van der Waals surface area contributed by atoms with E-state index in [0.29, 0.717) is 12.8 Å². The van der Waals surface area contributed by atoms with Crippen LogP contribution in [0, 0.1) is 0 Å². The van der Waals surface area contributed by atoms with E-state index in [2.05, 4.69) is 4.74 Å². The number of ether oxygens (including phenoxy) is 1. The summed E-state index contributed by atoms with van der Waals surface area (Å²) in [6, 6.07) is 0. The quantitative estimate of drug-likeness (QED) is 0.411.